The first-order valence-electron chi connectivity index (χ1n) is 8.54. The predicted molar refractivity (Wildman–Crippen MR) is 98.2 cm³/mol. The number of sulfonamides is 1. The van der Waals surface area contributed by atoms with Crippen LogP contribution in [-0.2, 0) is 10.0 Å². The first kappa shape index (κ1) is 18.0. The van der Waals surface area contributed by atoms with E-state index in [1.165, 1.54) is 25.0 Å². The van der Waals surface area contributed by atoms with Crippen LogP contribution in [0.5, 0.6) is 5.75 Å². The van der Waals surface area contributed by atoms with E-state index in [0.717, 1.165) is 32.0 Å². The second kappa shape index (κ2) is 8.08. The minimum absolute atomic E-state index is 0.266. The smallest absolute Gasteiger partial charge is 0.240 e. The second-order valence-corrected chi connectivity index (χ2v) is 9.44. The molecular formula is C17H26N2O3S2. The molecule has 0 aliphatic carbocycles. The van der Waals surface area contributed by atoms with Gasteiger partial charge < -0.3 is 4.74 Å². The Kier molecular flexibility index (Phi) is 6.07. The van der Waals surface area contributed by atoms with Gasteiger partial charge in [-0.2, -0.15) is 11.8 Å². The van der Waals surface area contributed by atoms with E-state index in [9.17, 15) is 8.42 Å². The zero-order chi connectivity index (χ0) is 17.0. The monoisotopic (exact) mass is 370 g/mol. The minimum Gasteiger partial charge on any atom is -0.497 e. The Morgan fingerprint density at radius 3 is 2.75 bits per heavy atom. The van der Waals surface area contributed by atoms with Gasteiger partial charge in [0.05, 0.1) is 12.0 Å². The molecule has 134 valence electrons. The number of ether oxygens (including phenoxy) is 1. The summed E-state index contributed by atoms with van der Waals surface area (Å²) in [5, 5.41) is 0. The third-order valence-corrected chi connectivity index (χ3v) is 7.55. The van der Waals surface area contributed by atoms with Crippen molar-refractivity contribution in [2.24, 2.45) is 5.92 Å². The van der Waals surface area contributed by atoms with Gasteiger partial charge >= 0.3 is 0 Å². The Bertz CT molecular complexity index is 637. The normalized spacial score (nSPS) is 23.5. The average Bonchev–Trinajstić information content (AvgIpc) is 3.15. The van der Waals surface area contributed by atoms with Crippen LogP contribution in [0.1, 0.15) is 19.3 Å². The second-order valence-electron chi connectivity index (χ2n) is 6.53. The van der Waals surface area contributed by atoms with Gasteiger partial charge in [-0.1, -0.05) is 6.07 Å². The zero-order valence-corrected chi connectivity index (χ0v) is 15.7. The number of hydrogen-bond acceptors (Lipinski definition) is 5. The van der Waals surface area contributed by atoms with Crippen LogP contribution in [-0.4, -0.2) is 57.6 Å². The summed E-state index contributed by atoms with van der Waals surface area (Å²) >= 11 is 2.05. The van der Waals surface area contributed by atoms with E-state index in [0.29, 0.717) is 18.2 Å². The lowest BCUT2D eigenvalue weighted by Gasteiger charge is -2.35. The third kappa shape index (κ3) is 4.45. The number of piperidine rings is 1. The molecule has 0 spiro atoms. The van der Waals surface area contributed by atoms with E-state index in [4.69, 9.17) is 4.74 Å². The molecule has 2 fully saturated rings. The fourth-order valence-electron chi connectivity index (χ4n) is 3.41. The highest BCUT2D eigenvalue weighted by Crippen LogP contribution is 2.27. The highest BCUT2D eigenvalue weighted by Gasteiger charge is 2.28. The Labute approximate surface area is 149 Å². The van der Waals surface area contributed by atoms with E-state index in [2.05, 4.69) is 9.62 Å². The molecule has 1 atom stereocenters. The molecule has 24 heavy (non-hydrogen) atoms. The van der Waals surface area contributed by atoms with Crippen LogP contribution in [0.15, 0.2) is 29.2 Å². The lowest BCUT2D eigenvalue weighted by atomic mass is 9.96. The van der Waals surface area contributed by atoms with Gasteiger partial charge in [0.1, 0.15) is 5.75 Å². The molecule has 2 aliphatic rings. The van der Waals surface area contributed by atoms with Gasteiger partial charge in [-0.05, 0) is 56.2 Å². The molecule has 2 saturated heterocycles. The molecule has 0 saturated carbocycles. The number of methoxy groups -OCH3 is 1. The molecule has 0 amide bonds. The molecule has 5 nitrogen and oxygen atoms in total. The maximum absolute atomic E-state index is 12.4. The van der Waals surface area contributed by atoms with Crippen molar-refractivity contribution in [2.45, 2.75) is 30.2 Å². The van der Waals surface area contributed by atoms with Crippen molar-refractivity contribution in [3.05, 3.63) is 24.3 Å². The number of nitrogens with one attached hydrogen (secondary N) is 1. The molecule has 1 N–H and O–H groups in total. The van der Waals surface area contributed by atoms with Crippen molar-refractivity contribution >= 4 is 21.8 Å². The fraction of sp³-hybridized carbons (Fsp3) is 0.647. The van der Waals surface area contributed by atoms with Crippen LogP contribution >= 0.6 is 11.8 Å². The van der Waals surface area contributed by atoms with Gasteiger partial charge in [0.2, 0.25) is 10.0 Å². The predicted octanol–water partition coefficient (Wildman–Crippen LogP) is 2.19. The van der Waals surface area contributed by atoms with Crippen molar-refractivity contribution in [1.29, 1.82) is 0 Å². The van der Waals surface area contributed by atoms with Gasteiger partial charge in [-0.3, -0.25) is 4.90 Å². The van der Waals surface area contributed by atoms with Crippen molar-refractivity contribution in [2.75, 3.05) is 38.2 Å². The summed E-state index contributed by atoms with van der Waals surface area (Å²) in [6.07, 6.45) is 3.45. The molecule has 0 aromatic heterocycles. The summed E-state index contributed by atoms with van der Waals surface area (Å²) in [5.41, 5.74) is 0. The maximum Gasteiger partial charge on any atom is 0.240 e. The summed E-state index contributed by atoms with van der Waals surface area (Å²) in [7, 11) is -1.93. The Hall–Kier alpha value is -0.760. The fourth-order valence-corrected chi connectivity index (χ4v) is 5.82. The number of nitrogens with zero attached hydrogens (tertiary/aromatic N) is 1. The SMILES string of the molecule is COc1cccc(S(=O)(=O)NCC2CCN(C3CCSC3)CC2)c1. The molecule has 1 aromatic carbocycles. The number of thioether (sulfide) groups is 1. The Balaban J connectivity index is 1.50. The van der Waals surface area contributed by atoms with E-state index < -0.39 is 10.0 Å². The lowest BCUT2D eigenvalue weighted by molar-refractivity contribution is 0.145. The Morgan fingerprint density at radius 1 is 1.29 bits per heavy atom. The largest absolute Gasteiger partial charge is 0.497 e. The van der Waals surface area contributed by atoms with Gasteiger partial charge in [0.25, 0.3) is 0 Å². The molecule has 2 aliphatic heterocycles. The minimum atomic E-state index is -3.47. The Morgan fingerprint density at radius 2 is 2.08 bits per heavy atom. The quantitative estimate of drug-likeness (QED) is 0.832. The van der Waals surface area contributed by atoms with E-state index in [1.54, 1.807) is 24.3 Å². The summed E-state index contributed by atoms with van der Waals surface area (Å²) in [6.45, 7) is 2.71. The standard InChI is InChI=1S/C17H26N2O3S2/c1-22-16-3-2-4-17(11-16)24(20,21)18-12-14-5-8-19(9-6-14)15-7-10-23-13-15/h2-4,11,14-15,18H,5-10,12-13H2,1H3. The first-order chi connectivity index (χ1) is 11.6. The van der Waals surface area contributed by atoms with E-state index in [-0.39, 0.29) is 4.90 Å². The first-order valence-corrected chi connectivity index (χ1v) is 11.2. The van der Waals surface area contributed by atoms with Crippen LogP contribution < -0.4 is 9.46 Å². The van der Waals surface area contributed by atoms with Crippen molar-refractivity contribution in [1.82, 2.24) is 9.62 Å². The zero-order valence-electron chi connectivity index (χ0n) is 14.1. The molecule has 3 rings (SSSR count). The summed E-state index contributed by atoms with van der Waals surface area (Å²) in [6, 6.07) is 7.35. The number of rotatable bonds is 6. The molecular weight excluding hydrogens is 344 g/mol. The van der Waals surface area contributed by atoms with Crippen LogP contribution in [0.2, 0.25) is 0 Å². The van der Waals surface area contributed by atoms with Gasteiger partial charge in [0.15, 0.2) is 0 Å². The lowest BCUT2D eigenvalue weighted by Crippen LogP contribution is -2.43. The number of hydrogen-bond donors (Lipinski definition) is 1. The maximum atomic E-state index is 12.4. The summed E-state index contributed by atoms with van der Waals surface area (Å²) in [5.74, 6) is 3.52. The topological polar surface area (TPSA) is 58.6 Å². The van der Waals surface area contributed by atoms with Crippen LogP contribution in [0, 0.1) is 5.92 Å². The van der Waals surface area contributed by atoms with Crippen LogP contribution in [0.4, 0.5) is 0 Å². The molecule has 2 heterocycles. The molecule has 0 bridgehead atoms. The van der Waals surface area contributed by atoms with E-state index in [1.807, 2.05) is 11.8 Å². The highest BCUT2D eigenvalue weighted by atomic mass is 32.2. The van der Waals surface area contributed by atoms with E-state index >= 15 is 0 Å². The number of likely N-dealkylation sites (tertiary alicyclic amines) is 1. The van der Waals surface area contributed by atoms with Gasteiger partial charge in [-0.25, -0.2) is 13.1 Å². The molecule has 1 unspecified atom stereocenters. The number of benzene rings is 1. The van der Waals surface area contributed by atoms with Crippen molar-refractivity contribution in [3.8, 4) is 5.75 Å². The average molecular weight is 371 g/mol. The van der Waals surface area contributed by atoms with Gasteiger partial charge in [-0.15, -0.1) is 0 Å². The third-order valence-electron chi connectivity index (χ3n) is 4.98. The van der Waals surface area contributed by atoms with Crippen LogP contribution in [0.25, 0.3) is 0 Å². The van der Waals surface area contributed by atoms with Crippen LogP contribution in [0.3, 0.4) is 0 Å². The molecule has 1 aromatic rings. The molecule has 0 radical (unpaired) electrons. The highest BCUT2D eigenvalue weighted by molar-refractivity contribution is 7.99. The van der Waals surface area contributed by atoms with Crippen molar-refractivity contribution < 1.29 is 13.2 Å². The van der Waals surface area contributed by atoms with Gasteiger partial charge in [0, 0.05) is 24.4 Å². The van der Waals surface area contributed by atoms with Crippen molar-refractivity contribution in [3.63, 3.8) is 0 Å². The summed E-state index contributed by atoms with van der Waals surface area (Å²) < 4.78 is 32.8. The summed E-state index contributed by atoms with van der Waals surface area (Å²) in [4.78, 5) is 2.86. The molecule has 7 heteroatoms.